The molecule has 1 aliphatic rings. The third-order valence-electron chi connectivity index (χ3n) is 5.92. The number of anilines is 2. The first-order valence-corrected chi connectivity index (χ1v) is 12.4. The Labute approximate surface area is 202 Å². The van der Waals surface area contributed by atoms with Crippen LogP contribution in [0.4, 0.5) is 11.4 Å². The lowest BCUT2D eigenvalue weighted by molar-refractivity contribution is 0.122. The van der Waals surface area contributed by atoms with Crippen molar-refractivity contribution >= 4 is 11.4 Å². The minimum absolute atomic E-state index is 0.595. The van der Waals surface area contributed by atoms with E-state index in [1.165, 1.54) is 11.3 Å². The highest BCUT2D eigenvalue weighted by atomic mass is 16.5. The largest absolute Gasteiger partial charge is 0.492 e. The standard InChI is InChI=1S/C27H36N4O3/c1-4-10-24-21(20-29-31(24)22-11-8-7-9-12-22)19-28-23-17-27(34-6-3)25(18-26(23)33-5-2)30-13-15-32-16-14-30/h7-9,11-12,17-18,20,28H,4-6,10,13-16,19H2,1-3H3. The SMILES string of the molecule is CCCc1c(CNc2cc(OCC)c(N3CCOCC3)cc2OCC)cnn1-c1ccccc1. The van der Waals surface area contributed by atoms with Crippen LogP contribution in [0.2, 0.25) is 0 Å². The highest BCUT2D eigenvalue weighted by Gasteiger charge is 2.20. The van der Waals surface area contributed by atoms with E-state index in [1.54, 1.807) is 0 Å². The summed E-state index contributed by atoms with van der Waals surface area (Å²) < 4.78 is 19.7. The molecule has 1 fully saturated rings. The number of rotatable bonds is 11. The van der Waals surface area contributed by atoms with Gasteiger partial charge in [-0.1, -0.05) is 31.5 Å². The molecule has 34 heavy (non-hydrogen) atoms. The fraction of sp³-hybridized carbons (Fsp3) is 0.444. The molecule has 2 aromatic carbocycles. The molecule has 0 amide bonds. The van der Waals surface area contributed by atoms with Crippen molar-refractivity contribution in [1.82, 2.24) is 9.78 Å². The van der Waals surface area contributed by atoms with Gasteiger partial charge in [0.1, 0.15) is 11.5 Å². The lowest BCUT2D eigenvalue weighted by atomic mass is 10.1. The van der Waals surface area contributed by atoms with Crippen LogP contribution in [0.1, 0.15) is 38.4 Å². The van der Waals surface area contributed by atoms with E-state index in [-0.39, 0.29) is 0 Å². The number of aromatic nitrogens is 2. The molecule has 7 nitrogen and oxygen atoms in total. The third-order valence-corrected chi connectivity index (χ3v) is 5.92. The number of hydrogen-bond acceptors (Lipinski definition) is 6. The van der Waals surface area contributed by atoms with E-state index in [0.29, 0.717) is 19.8 Å². The maximum Gasteiger partial charge on any atom is 0.144 e. The summed E-state index contributed by atoms with van der Waals surface area (Å²) in [4.78, 5) is 2.31. The normalized spacial score (nSPS) is 13.7. The zero-order valence-corrected chi connectivity index (χ0v) is 20.5. The van der Waals surface area contributed by atoms with Crippen LogP contribution in [0, 0.1) is 0 Å². The second kappa shape index (κ2) is 11.8. The summed E-state index contributed by atoms with van der Waals surface area (Å²) in [5.41, 5.74) is 5.48. The molecule has 4 rings (SSSR count). The third kappa shape index (κ3) is 5.47. The highest BCUT2D eigenvalue weighted by Crippen LogP contribution is 2.39. The number of para-hydroxylation sites is 1. The Morgan fingerprint density at radius 3 is 2.41 bits per heavy atom. The van der Waals surface area contributed by atoms with E-state index in [9.17, 15) is 0 Å². The van der Waals surface area contributed by atoms with Gasteiger partial charge in [-0.15, -0.1) is 0 Å². The predicted octanol–water partition coefficient (Wildman–Crippen LogP) is 5.07. The second-order valence-electron chi connectivity index (χ2n) is 8.25. The van der Waals surface area contributed by atoms with Crippen molar-refractivity contribution in [3.05, 3.63) is 59.9 Å². The summed E-state index contributed by atoms with van der Waals surface area (Å²) in [5.74, 6) is 1.70. The van der Waals surface area contributed by atoms with Gasteiger partial charge in [0, 0.05) is 43.0 Å². The first-order chi connectivity index (χ1) is 16.7. The van der Waals surface area contributed by atoms with Gasteiger partial charge in [-0.3, -0.25) is 0 Å². The van der Waals surface area contributed by atoms with Crippen molar-refractivity contribution in [3.8, 4) is 17.2 Å². The average Bonchev–Trinajstić information content (AvgIpc) is 3.28. The first kappa shape index (κ1) is 24.0. The van der Waals surface area contributed by atoms with Crippen LogP contribution in [-0.2, 0) is 17.7 Å². The highest BCUT2D eigenvalue weighted by molar-refractivity contribution is 5.72. The van der Waals surface area contributed by atoms with Crippen molar-refractivity contribution < 1.29 is 14.2 Å². The van der Waals surface area contributed by atoms with Gasteiger partial charge in [0.15, 0.2) is 0 Å². The van der Waals surface area contributed by atoms with Crippen molar-refractivity contribution in [1.29, 1.82) is 0 Å². The van der Waals surface area contributed by atoms with Gasteiger partial charge in [0.05, 0.1) is 49.7 Å². The minimum atomic E-state index is 0.595. The number of nitrogens with zero attached hydrogens (tertiary/aromatic N) is 3. The molecule has 1 aromatic heterocycles. The second-order valence-corrected chi connectivity index (χ2v) is 8.25. The van der Waals surface area contributed by atoms with Gasteiger partial charge in [-0.2, -0.15) is 5.10 Å². The van der Waals surface area contributed by atoms with E-state index in [4.69, 9.17) is 19.3 Å². The summed E-state index contributed by atoms with van der Waals surface area (Å²) >= 11 is 0. The molecule has 0 saturated carbocycles. The molecule has 0 bridgehead atoms. The van der Waals surface area contributed by atoms with Crippen LogP contribution >= 0.6 is 0 Å². The van der Waals surface area contributed by atoms with Crippen LogP contribution in [-0.4, -0.2) is 49.3 Å². The minimum Gasteiger partial charge on any atom is -0.492 e. The van der Waals surface area contributed by atoms with Gasteiger partial charge in [0.2, 0.25) is 0 Å². The molecule has 0 atom stereocenters. The van der Waals surface area contributed by atoms with Crippen molar-refractivity contribution in [2.24, 2.45) is 0 Å². The van der Waals surface area contributed by atoms with E-state index < -0.39 is 0 Å². The Bertz CT molecular complexity index is 1050. The van der Waals surface area contributed by atoms with Crippen molar-refractivity contribution in [2.75, 3.05) is 49.7 Å². The molecule has 7 heteroatoms. The summed E-state index contributed by atoms with van der Waals surface area (Å²) in [5, 5.41) is 8.31. The predicted molar refractivity (Wildman–Crippen MR) is 137 cm³/mol. The van der Waals surface area contributed by atoms with Crippen LogP contribution in [0.15, 0.2) is 48.7 Å². The van der Waals surface area contributed by atoms with E-state index >= 15 is 0 Å². The summed E-state index contributed by atoms with van der Waals surface area (Å²) in [6.07, 6.45) is 3.99. The molecular weight excluding hydrogens is 428 g/mol. The van der Waals surface area contributed by atoms with E-state index in [2.05, 4.69) is 46.1 Å². The molecule has 3 aromatic rings. The van der Waals surface area contributed by atoms with E-state index in [0.717, 1.165) is 67.7 Å². The average molecular weight is 465 g/mol. The van der Waals surface area contributed by atoms with E-state index in [1.807, 2.05) is 38.2 Å². The lowest BCUT2D eigenvalue weighted by Gasteiger charge is -2.31. The van der Waals surface area contributed by atoms with Gasteiger partial charge in [-0.05, 0) is 32.4 Å². The Balaban J connectivity index is 1.62. The number of morpholine rings is 1. The zero-order chi connectivity index (χ0) is 23.8. The monoisotopic (exact) mass is 464 g/mol. The maximum absolute atomic E-state index is 6.05. The summed E-state index contributed by atoms with van der Waals surface area (Å²) in [6, 6.07) is 14.5. The maximum atomic E-state index is 6.05. The molecule has 0 radical (unpaired) electrons. The fourth-order valence-corrected chi connectivity index (χ4v) is 4.33. The Hall–Kier alpha value is -3.19. The molecule has 1 saturated heterocycles. The molecule has 0 aliphatic carbocycles. The van der Waals surface area contributed by atoms with Gasteiger partial charge in [0.25, 0.3) is 0 Å². The molecule has 1 N–H and O–H groups in total. The zero-order valence-electron chi connectivity index (χ0n) is 20.5. The van der Waals surface area contributed by atoms with Crippen LogP contribution in [0.25, 0.3) is 5.69 Å². The van der Waals surface area contributed by atoms with Gasteiger partial charge < -0.3 is 24.4 Å². The Morgan fingerprint density at radius 1 is 0.971 bits per heavy atom. The van der Waals surface area contributed by atoms with Crippen molar-refractivity contribution in [3.63, 3.8) is 0 Å². The molecule has 2 heterocycles. The van der Waals surface area contributed by atoms with Gasteiger partial charge in [-0.25, -0.2) is 4.68 Å². The van der Waals surface area contributed by atoms with Crippen LogP contribution in [0.5, 0.6) is 11.5 Å². The van der Waals surface area contributed by atoms with Gasteiger partial charge >= 0.3 is 0 Å². The van der Waals surface area contributed by atoms with Crippen molar-refractivity contribution in [2.45, 2.75) is 40.2 Å². The molecule has 182 valence electrons. The summed E-state index contributed by atoms with van der Waals surface area (Å²) in [6.45, 7) is 11.2. The number of ether oxygens (including phenoxy) is 3. The number of benzene rings is 2. The molecule has 0 spiro atoms. The first-order valence-electron chi connectivity index (χ1n) is 12.4. The molecular formula is C27H36N4O3. The summed E-state index contributed by atoms with van der Waals surface area (Å²) in [7, 11) is 0. The molecule has 1 aliphatic heterocycles. The Morgan fingerprint density at radius 2 is 1.71 bits per heavy atom. The quantitative estimate of drug-likeness (QED) is 0.427. The lowest BCUT2D eigenvalue weighted by Crippen LogP contribution is -2.36. The smallest absolute Gasteiger partial charge is 0.144 e. The topological polar surface area (TPSA) is 60.8 Å². The Kier molecular flexibility index (Phi) is 8.31. The number of nitrogens with one attached hydrogen (secondary N) is 1. The van der Waals surface area contributed by atoms with Crippen LogP contribution < -0.4 is 19.7 Å². The number of hydrogen-bond donors (Lipinski definition) is 1. The fourth-order valence-electron chi connectivity index (χ4n) is 4.33. The molecule has 0 unspecified atom stereocenters. The van der Waals surface area contributed by atoms with Crippen LogP contribution in [0.3, 0.4) is 0 Å².